The number of carbonyl (C=O) groups excluding carboxylic acids is 9. The van der Waals surface area contributed by atoms with Crippen molar-refractivity contribution in [2.75, 3.05) is 69.2 Å². The van der Waals surface area contributed by atoms with Gasteiger partial charge in [0.1, 0.15) is 85.9 Å². The maximum absolute atomic E-state index is 12.9. The average molecular weight is 1970 g/mol. The van der Waals surface area contributed by atoms with E-state index in [1.807, 2.05) is 20.8 Å². The van der Waals surface area contributed by atoms with Crippen molar-refractivity contribution in [3.8, 4) is 0 Å². The maximum atomic E-state index is 12.9. The number of hydrogen-bond acceptors (Lipinski definition) is 45. The van der Waals surface area contributed by atoms with Crippen molar-refractivity contribution in [2.24, 2.45) is 10.3 Å². The fraction of sp³-hybridized carbons (Fsp3) is 0.625. The largest absolute Gasteiger partial charge is 0.555 e. The SMILES string of the molecule is C.C.C.CC[C@H]1O[C@@H](n2cnc3c(NC(=O)N[C@@H](CCC(=O)O[P+](C)=O)C(=O)O[P+](C)=O)ncnc32)[C@@H]2OC(C)(C)O[C@@H]21.C[P+](=O)OC(=O)CC[C@H](NC(=O)Nc1ncnc2c1ncn2[C@@H]1O[C@H](COS(N)(=O)=O)[C@@H](O)[C@H]1O)C(=O)O[P+](C)=O.C[P+](=O)OC(=O)CC[C@H](NC(=O)Nc1ncnc2c1ncn2[C@@H]1O[C@H](COS(N)(=O)=O)[C@H]2OC(C)(C)O[C@H]21)C(=O)O[P+](C)=O. The molecule has 0 aliphatic carbocycles. The van der Waals surface area contributed by atoms with Gasteiger partial charge in [-0.05, 0) is 80.8 Å². The number of nitrogens with two attached hydrogens (primary N) is 2. The lowest BCUT2D eigenvalue weighted by atomic mass is 10.1. The summed E-state index contributed by atoms with van der Waals surface area (Å²) in [5.74, 6) is -7.90. The maximum Gasteiger partial charge on any atom is 0.555 e. The van der Waals surface area contributed by atoms with Crippen molar-refractivity contribution in [3.05, 3.63) is 38.0 Å². The van der Waals surface area contributed by atoms with Crippen molar-refractivity contribution in [2.45, 2.75) is 205 Å². The van der Waals surface area contributed by atoms with Gasteiger partial charge in [-0.2, -0.15) is 16.8 Å². The van der Waals surface area contributed by atoms with E-state index in [4.69, 9.17) is 56.7 Å². The standard InChI is InChI=1S/C22H29N6O10P2.C21H28N7O13P2S.C18H24N7O13P2S.3CH4/c1-6-12-15-16(36-22(2,3)35-15)19(34-12)28-10-25-14-17(23-9-24-18(14)28)27-21(31)26-11(20(30)38-40(5)33)7-8-13(29)37-39(4)32;1-21(2)38-14-11(7-36-44(22,34)35)37-18(15(14)39-21)28-9-25-13-16(23-8-24-17(13)28)27-20(31)26-10(19(30)41-43(4)33)5-6-12(29)40-42(3)32;1-39(31)37-10(26)4-3-8(17(29)38-40(2)32)23-18(30)24-14-11-15(21-6-20-14)25(7-22-11)16-13(28)12(27)9(36-16)5-35-41(19,33)34;;;/h9-12,15-16,19H,6-8H2,1-5H3,(H-,23,24,26,27,31);8-11,14-15,18H,5-7H2,1-4H3,(H3-,22,23,24,26,27,31,34,35);6-9,12-13,16,27-28H,3-5H2,1-2H3,(H3-,19,20,21,23,24,30,33,34);3*1H4/q3*+1;;;/p+3/t11-,12+,15+,16+,19+;10-,11+,14+,15+,18+;8-,9+,12+,13+,16+;;;/m000.../s1. The molecule has 5 fully saturated rings. The Kier molecular flexibility index (Phi) is 38.6. The van der Waals surface area contributed by atoms with E-state index >= 15 is 0 Å². The summed E-state index contributed by atoms with van der Waals surface area (Å²) in [6, 6.07) is -7.13. The molecule has 0 radical (unpaired) electrons. The summed E-state index contributed by atoms with van der Waals surface area (Å²) in [6.45, 7) is 14.8. The van der Waals surface area contributed by atoms with Crippen LogP contribution in [0.5, 0.6) is 0 Å². The number of aliphatic hydroxyl groups excluding tert-OH is 2. The van der Waals surface area contributed by atoms with Gasteiger partial charge in [0.25, 0.3) is 0 Å². The Bertz CT molecular complexity index is 5410. The lowest BCUT2D eigenvalue weighted by Gasteiger charge is -2.24. The molecule has 56 nitrogen and oxygen atoms in total. The van der Waals surface area contributed by atoms with Gasteiger partial charge >= 0.3 is 123 Å². The van der Waals surface area contributed by atoms with Gasteiger partial charge in [-0.3, -0.25) is 38.0 Å². The van der Waals surface area contributed by atoms with E-state index in [2.05, 4.69) is 99.0 Å². The summed E-state index contributed by atoms with van der Waals surface area (Å²) in [6.07, 6.45) is -4.64. The Morgan fingerprint density at radius 2 is 0.711 bits per heavy atom. The van der Waals surface area contributed by atoms with Gasteiger partial charge in [-0.25, -0.2) is 125 Å². The molecule has 5 saturated heterocycles. The Morgan fingerprint density at radius 3 is 1.02 bits per heavy atom. The molecule has 21 atom stereocenters. The Balaban J connectivity index is 0.000000293. The molecule has 0 bridgehead atoms. The molecular weight excluding hydrogens is 1870 g/mol. The number of aromatic nitrogens is 12. The molecule has 0 spiro atoms. The van der Waals surface area contributed by atoms with Gasteiger partial charge in [0.05, 0.1) is 57.6 Å². The third-order valence-corrected chi connectivity index (χ3v) is 21.0. The number of amides is 6. The molecule has 0 aromatic carbocycles. The molecule has 12 N–H and O–H groups in total. The Hall–Kier alpha value is -9.74. The molecule has 704 valence electrons. The highest BCUT2D eigenvalue weighted by Gasteiger charge is 2.58. The Morgan fingerprint density at radius 1 is 0.430 bits per heavy atom. The topological polar surface area (TPSA) is 758 Å². The van der Waals surface area contributed by atoms with Gasteiger partial charge in [0, 0.05) is 0 Å². The van der Waals surface area contributed by atoms with E-state index in [1.54, 1.807) is 18.4 Å². The van der Waals surface area contributed by atoms with Gasteiger partial charge in [-0.1, -0.05) is 29.2 Å². The second-order valence-electron chi connectivity index (χ2n) is 27.7. The summed E-state index contributed by atoms with van der Waals surface area (Å²) in [7, 11) is -22.4. The molecule has 5 aliphatic heterocycles. The first kappa shape index (κ1) is 107. The van der Waals surface area contributed by atoms with Crippen LogP contribution in [-0.4, -0.2) is 277 Å². The fourth-order valence-electron chi connectivity index (χ4n) is 12.6. The second-order valence-corrected chi connectivity index (χ2v) is 36.6. The van der Waals surface area contributed by atoms with Crippen LogP contribution in [0.3, 0.4) is 0 Å². The minimum absolute atomic E-state index is 0. The minimum Gasteiger partial charge on any atom is -0.387 e. The zero-order valence-electron chi connectivity index (χ0n) is 67.3. The highest BCUT2D eigenvalue weighted by Crippen LogP contribution is 2.47. The first-order valence-electron chi connectivity index (χ1n) is 36.4. The molecule has 6 unspecified atom stereocenters. The molecule has 11 rings (SSSR count). The smallest absolute Gasteiger partial charge is 0.387 e. The van der Waals surface area contributed by atoms with Crippen molar-refractivity contribution in [1.29, 1.82) is 0 Å². The molecule has 11 heterocycles. The summed E-state index contributed by atoms with van der Waals surface area (Å²) >= 11 is 0. The molecule has 64 heteroatoms. The number of aliphatic hydroxyl groups is 2. The number of rotatable bonds is 34. The number of imidazole rings is 3. The monoisotopic (exact) mass is 1970 g/mol. The summed E-state index contributed by atoms with van der Waals surface area (Å²) in [4.78, 5) is 148. The predicted octanol–water partition coefficient (Wildman–Crippen LogP) is 3.99. The first-order chi connectivity index (χ1) is 58.6. The van der Waals surface area contributed by atoms with Crippen LogP contribution in [0.15, 0.2) is 38.0 Å². The van der Waals surface area contributed by atoms with Gasteiger partial charge in [0.2, 0.25) is 0 Å². The van der Waals surface area contributed by atoms with Crippen molar-refractivity contribution in [1.82, 2.24) is 74.5 Å². The van der Waals surface area contributed by atoms with Gasteiger partial charge < -0.3 is 59.3 Å². The number of hydrogen-bond donors (Lipinski definition) is 10. The quantitative estimate of drug-likeness (QED) is 0.0255. The number of nitrogens with zero attached hydrogens (tertiary/aromatic N) is 12. The summed E-state index contributed by atoms with van der Waals surface area (Å²) < 4.78 is 195. The highest BCUT2D eigenvalue weighted by atomic mass is 32.2. The fourth-order valence-corrected chi connectivity index (χ4v) is 15.5. The van der Waals surface area contributed by atoms with E-state index in [0.29, 0.717) is 12.1 Å². The van der Waals surface area contributed by atoms with Crippen LogP contribution < -0.4 is 42.2 Å². The van der Waals surface area contributed by atoms with Crippen molar-refractivity contribution in [3.63, 3.8) is 0 Å². The zero-order chi connectivity index (χ0) is 92.1. The van der Waals surface area contributed by atoms with Crippen LogP contribution in [0.25, 0.3) is 33.5 Å². The van der Waals surface area contributed by atoms with Crippen LogP contribution in [-0.2, 0) is 145 Å². The number of nitrogens with one attached hydrogen (secondary N) is 6. The average Bonchev–Trinajstić information content (AvgIpc) is 1.59. The number of ether oxygens (including phenoxy) is 7. The molecular formula is C64H96N20O36P6S2+6. The lowest BCUT2D eigenvalue weighted by molar-refractivity contribution is -0.198. The van der Waals surface area contributed by atoms with E-state index in [-0.39, 0.29) is 105 Å². The van der Waals surface area contributed by atoms with E-state index in [0.717, 1.165) is 45.6 Å². The number of urea groups is 3. The summed E-state index contributed by atoms with van der Waals surface area (Å²) in [5, 5.41) is 44.7. The molecule has 6 amide bonds. The number of anilines is 3. The normalized spacial score (nSPS) is 23.0. The number of carbonyl (C=O) groups is 9. The minimum atomic E-state index is -4.35. The molecule has 0 saturated carbocycles. The molecule has 6 aromatic rings. The van der Waals surface area contributed by atoms with Gasteiger partial charge in [0.15, 0.2) is 121 Å². The molecule has 6 aromatic heterocycles. The van der Waals surface area contributed by atoms with E-state index < -0.39 is 240 Å². The molecule has 128 heavy (non-hydrogen) atoms. The van der Waals surface area contributed by atoms with Crippen LogP contribution in [0, 0.1) is 0 Å². The van der Waals surface area contributed by atoms with Crippen LogP contribution >= 0.6 is 48.2 Å². The third-order valence-electron chi connectivity index (χ3n) is 17.4. The molecule has 5 aliphatic rings. The van der Waals surface area contributed by atoms with Crippen molar-refractivity contribution < 1.29 is 166 Å². The zero-order valence-corrected chi connectivity index (χ0v) is 74.3. The Labute approximate surface area is 733 Å². The van der Waals surface area contributed by atoms with Crippen LogP contribution in [0.4, 0.5) is 31.8 Å². The van der Waals surface area contributed by atoms with E-state index in [1.165, 1.54) is 41.4 Å². The van der Waals surface area contributed by atoms with E-state index in [9.17, 15) is 97.6 Å². The number of fused-ring (bicyclic) bond motifs is 5. The first-order valence-corrected chi connectivity index (χ1v) is 49.1. The van der Waals surface area contributed by atoms with Crippen molar-refractivity contribution >= 4 is 174 Å². The van der Waals surface area contributed by atoms with Gasteiger partial charge in [-0.15, -0.1) is 0 Å². The summed E-state index contributed by atoms with van der Waals surface area (Å²) in [5.41, 5.74) is 0.849. The highest BCUT2D eigenvalue weighted by molar-refractivity contribution is 7.84. The predicted molar refractivity (Wildman–Crippen MR) is 439 cm³/mol. The third kappa shape index (κ3) is 29.6. The second kappa shape index (κ2) is 46.2. The lowest BCUT2D eigenvalue weighted by Crippen LogP contribution is -2.43. The van der Waals surface area contributed by atoms with Crippen LogP contribution in [0.1, 0.15) is 121 Å². The van der Waals surface area contributed by atoms with Crippen LogP contribution in [0.2, 0.25) is 0 Å².